The highest BCUT2D eigenvalue weighted by Crippen LogP contribution is 2.21. The van der Waals surface area contributed by atoms with Gasteiger partial charge in [0, 0.05) is 12.1 Å². The van der Waals surface area contributed by atoms with Gasteiger partial charge in [-0.1, -0.05) is 11.6 Å². The highest BCUT2D eigenvalue weighted by atomic mass is 35.5. The molecular formula is C12H14ClN3S. The highest BCUT2D eigenvalue weighted by molar-refractivity contribution is 7.08. The minimum atomic E-state index is 0.516. The Balaban J connectivity index is 2.17. The van der Waals surface area contributed by atoms with Gasteiger partial charge in [-0.2, -0.15) is 11.3 Å². The molecule has 5 heteroatoms. The highest BCUT2D eigenvalue weighted by Gasteiger charge is 2.07. The van der Waals surface area contributed by atoms with Gasteiger partial charge in [0.05, 0.1) is 0 Å². The predicted molar refractivity (Wildman–Crippen MR) is 72.9 cm³/mol. The van der Waals surface area contributed by atoms with Crippen molar-refractivity contribution in [3.8, 4) is 0 Å². The van der Waals surface area contributed by atoms with Crippen molar-refractivity contribution >= 4 is 28.8 Å². The fraction of sp³-hybridized carbons (Fsp3) is 0.333. The van der Waals surface area contributed by atoms with Crippen molar-refractivity contribution in [3.63, 3.8) is 0 Å². The van der Waals surface area contributed by atoms with Crippen molar-refractivity contribution in [3.05, 3.63) is 38.4 Å². The fourth-order valence-electron chi connectivity index (χ4n) is 1.51. The van der Waals surface area contributed by atoms with Crippen LogP contribution in [0, 0.1) is 20.8 Å². The summed E-state index contributed by atoms with van der Waals surface area (Å²) in [7, 11) is 0. The second-order valence-electron chi connectivity index (χ2n) is 3.97. The van der Waals surface area contributed by atoms with E-state index in [1.807, 2.05) is 13.8 Å². The van der Waals surface area contributed by atoms with E-state index in [9.17, 15) is 0 Å². The quantitative estimate of drug-likeness (QED) is 0.861. The first-order valence-corrected chi connectivity index (χ1v) is 6.66. The lowest BCUT2D eigenvalue weighted by Crippen LogP contribution is -2.06. The number of nitrogens with zero attached hydrogens (tertiary/aromatic N) is 2. The molecule has 0 spiro atoms. The van der Waals surface area contributed by atoms with E-state index in [1.165, 1.54) is 11.1 Å². The fourth-order valence-corrected chi connectivity index (χ4v) is 2.58. The van der Waals surface area contributed by atoms with Gasteiger partial charge in [-0.25, -0.2) is 9.97 Å². The average Bonchev–Trinajstić information content (AvgIpc) is 2.67. The van der Waals surface area contributed by atoms with Gasteiger partial charge in [0.2, 0.25) is 0 Å². The van der Waals surface area contributed by atoms with E-state index in [2.05, 4.69) is 33.0 Å². The monoisotopic (exact) mass is 267 g/mol. The van der Waals surface area contributed by atoms with Gasteiger partial charge in [-0.3, -0.25) is 0 Å². The number of rotatable bonds is 3. The molecule has 0 atom stereocenters. The SMILES string of the molecule is Cc1nc(Cl)c(C)c(NCc2cscc2C)n1. The minimum absolute atomic E-state index is 0.516. The second kappa shape index (κ2) is 5.02. The summed E-state index contributed by atoms with van der Waals surface area (Å²) in [5.41, 5.74) is 3.49. The Morgan fingerprint density at radius 2 is 2.00 bits per heavy atom. The molecule has 0 radical (unpaired) electrons. The van der Waals surface area contributed by atoms with Gasteiger partial charge in [0.25, 0.3) is 0 Å². The van der Waals surface area contributed by atoms with Gasteiger partial charge < -0.3 is 5.32 Å². The first-order chi connectivity index (χ1) is 8.08. The lowest BCUT2D eigenvalue weighted by molar-refractivity contribution is 1.00. The number of aryl methyl sites for hydroxylation is 2. The van der Waals surface area contributed by atoms with Crippen LogP contribution in [-0.4, -0.2) is 9.97 Å². The number of aromatic nitrogens is 2. The van der Waals surface area contributed by atoms with Crippen LogP contribution in [0.4, 0.5) is 5.82 Å². The number of anilines is 1. The predicted octanol–water partition coefficient (Wildman–Crippen LogP) is 3.73. The summed E-state index contributed by atoms with van der Waals surface area (Å²) in [5, 5.41) is 8.11. The Morgan fingerprint density at radius 3 is 2.65 bits per heavy atom. The molecule has 0 bridgehead atoms. The number of thiophene rings is 1. The molecule has 1 N–H and O–H groups in total. The smallest absolute Gasteiger partial charge is 0.137 e. The van der Waals surface area contributed by atoms with Crippen LogP contribution < -0.4 is 5.32 Å². The van der Waals surface area contributed by atoms with Crippen LogP contribution in [0.2, 0.25) is 5.15 Å². The lowest BCUT2D eigenvalue weighted by Gasteiger charge is -2.10. The van der Waals surface area contributed by atoms with Crippen molar-refractivity contribution < 1.29 is 0 Å². The Kier molecular flexibility index (Phi) is 3.64. The van der Waals surface area contributed by atoms with Crippen molar-refractivity contribution in [2.75, 3.05) is 5.32 Å². The largest absolute Gasteiger partial charge is 0.366 e. The molecule has 0 aliphatic carbocycles. The van der Waals surface area contributed by atoms with E-state index in [-0.39, 0.29) is 0 Å². The maximum atomic E-state index is 6.02. The Labute approximate surface area is 110 Å². The molecule has 90 valence electrons. The zero-order valence-corrected chi connectivity index (χ0v) is 11.6. The zero-order valence-electron chi connectivity index (χ0n) is 10.0. The molecule has 0 saturated heterocycles. The molecule has 2 heterocycles. The summed E-state index contributed by atoms with van der Waals surface area (Å²) in [6, 6.07) is 0. The van der Waals surface area contributed by atoms with Gasteiger partial charge in [0.15, 0.2) is 0 Å². The van der Waals surface area contributed by atoms with Crippen LogP contribution in [0.1, 0.15) is 22.5 Å². The van der Waals surface area contributed by atoms with E-state index in [1.54, 1.807) is 11.3 Å². The zero-order chi connectivity index (χ0) is 12.4. The minimum Gasteiger partial charge on any atom is -0.366 e. The number of halogens is 1. The molecule has 0 saturated carbocycles. The van der Waals surface area contributed by atoms with E-state index >= 15 is 0 Å². The maximum Gasteiger partial charge on any atom is 0.137 e. The molecule has 0 aromatic carbocycles. The summed E-state index contributed by atoms with van der Waals surface area (Å²) in [6.07, 6.45) is 0. The van der Waals surface area contributed by atoms with Crippen molar-refractivity contribution in [2.24, 2.45) is 0 Å². The summed E-state index contributed by atoms with van der Waals surface area (Å²) in [5.74, 6) is 1.50. The normalized spacial score (nSPS) is 10.6. The Morgan fingerprint density at radius 1 is 1.24 bits per heavy atom. The molecule has 0 fully saturated rings. The molecule has 0 amide bonds. The summed E-state index contributed by atoms with van der Waals surface area (Å²) < 4.78 is 0. The van der Waals surface area contributed by atoms with Gasteiger partial charge in [0.1, 0.15) is 16.8 Å². The first-order valence-electron chi connectivity index (χ1n) is 5.34. The van der Waals surface area contributed by atoms with Gasteiger partial charge in [-0.05, 0) is 42.7 Å². The molecule has 3 nitrogen and oxygen atoms in total. The molecule has 0 unspecified atom stereocenters. The molecule has 0 aliphatic heterocycles. The van der Waals surface area contributed by atoms with Crippen LogP contribution in [0.5, 0.6) is 0 Å². The summed E-state index contributed by atoms with van der Waals surface area (Å²) in [4.78, 5) is 8.47. The van der Waals surface area contributed by atoms with E-state index in [4.69, 9.17) is 11.6 Å². The van der Waals surface area contributed by atoms with Gasteiger partial charge >= 0.3 is 0 Å². The standard InChI is InChI=1S/C12H14ClN3S/c1-7-5-17-6-10(7)4-14-12-8(2)11(13)15-9(3)16-12/h5-6H,4H2,1-3H3,(H,14,15,16). The van der Waals surface area contributed by atoms with Crippen LogP contribution in [-0.2, 0) is 6.54 Å². The van der Waals surface area contributed by atoms with E-state index in [0.29, 0.717) is 11.0 Å². The van der Waals surface area contributed by atoms with Crippen LogP contribution >= 0.6 is 22.9 Å². The summed E-state index contributed by atoms with van der Waals surface area (Å²) >= 11 is 7.73. The van der Waals surface area contributed by atoms with Crippen molar-refractivity contribution in [1.82, 2.24) is 9.97 Å². The van der Waals surface area contributed by atoms with E-state index < -0.39 is 0 Å². The number of nitrogens with one attached hydrogen (secondary N) is 1. The Hall–Kier alpha value is -1.13. The van der Waals surface area contributed by atoms with E-state index in [0.717, 1.165) is 17.9 Å². The molecule has 0 aliphatic rings. The van der Waals surface area contributed by atoms with Crippen LogP contribution in [0.3, 0.4) is 0 Å². The second-order valence-corrected chi connectivity index (χ2v) is 5.07. The van der Waals surface area contributed by atoms with Crippen LogP contribution in [0.25, 0.3) is 0 Å². The first kappa shape index (κ1) is 12.3. The Bertz CT molecular complexity index is 537. The molecule has 17 heavy (non-hydrogen) atoms. The number of hydrogen-bond acceptors (Lipinski definition) is 4. The summed E-state index contributed by atoms with van der Waals surface area (Å²) in [6.45, 7) is 6.64. The van der Waals surface area contributed by atoms with Crippen molar-refractivity contribution in [2.45, 2.75) is 27.3 Å². The number of hydrogen-bond donors (Lipinski definition) is 1. The molecule has 2 aromatic heterocycles. The maximum absolute atomic E-state index is 6.02. The van der Waals surface area contributed by atoms with Crippen LogP contribution in [0.15, 0.2) is 10.8 Å². The lowest BCUT2D eigenvalue weighted by atomic mass is 10.2. The third kappa shape index (κ3) is 2.76. The molecule has 2 rings (SSSR count). The molecular weight excluding hydrogens is 254 g/mol. The molecule has 2 aromatic rings. The third-order valence-electron chi connectivity index (χ3n) is 2.61. The third-order valence-corrected chi connectivity index (χ3v) is 3.88. The van der Waals surface area contributed by atoms with Gasteiger partial charge in [-0.15, -0.1) is 0 Å². The van der Waals surface area contributed by atoms with Crippen molar-refractivity contribution in [1.29, 1.82) is 0 Å². The average molecular weight is 268 g/mol. The topological polar surface area (TPSA) is 37.8 Å².